The van der Waals surface area contributed by atoms with Gasteiger partial charge in [0.25, 0.3) is 0 Å². The van der Waals surface area contributed by atoms with E-state index in [2.05, 4.69) is 5.32 Å². The van der Waals surface area contributed by atoms with E-state index in [9.17, 15) is 13.2 Å². The Labute approximate surface area is 128 Å². The van der Waals surface area contributed by atoms with Crippen molar-refractivity contribution in [3.8, 4) is 6.07 Å². The zero-order valence-electron chi connectivity index (χ0n) is 10.3. The number of rotatable bonds is 2. The predicted molar refractivity (Wildman–Crippen MR) is 75.9 cm³/mol. The zero-order chi connectivity index (χ0) is 15.6. The van der Waals surface area contributed by atoms with Crippen molar-refractivity contribution in [3.05, 3.63) is 57.6 Å². The molecule has 2 rings (SSSR count). The molecule has 7 heteroatoms. The summed E-state index contributed by atoms with van der Waals surface area (Å²) in [5, 5.41) is 12.1. The average molecular weight is 331 g/mol. The van der Waals surface area contributed by atoms with Crippen LogP contribution in [0.2, 0.25) is 10.0 Å². The van der Waals surface area contributed by atoms with Crippen LogP contribution in [0.15, 0.2) is 36.4 Å². The van der Waals surface area contributed by atoms with Crippen LogP contribution in [-0.4, -0.2) is 0 Å². The lowest BCUT2D eigenvalue weighted by Crippen LogP contribution is -2.05. The molecule has 0 fully saturated rings. The lowest BCUT2D eigenvalue weighted by molar-refractivity contribution is -0.137. The minimum atomic E-state index is -4.48. The standard InChI is InChI=1S/C14H7Cl2F3N2/c15-10-2-1-3-12(9(10)7-20)21-13-6-8(14(17,18)19)4-5-11(13)16/h1-6,21H. The molecule has 0 heterocycles. The molecule has 0 bridgehead atoms. The highest BCUT2D eigenvalue weighted by molar-refractivity contribution is 6.33. The predicted octanol–water partition coefficient (Wildman–Crippen LogP) is 5.63. The smallest absolute Gasteiger partial charge is 0.353 e. The van der Waals surface area contributed by atoms with Gasteiger partial charge in [-0.2, -0.15) is 18.4 Å². The molecule has 0 aliphatic carbocycles. The quantitative estimate of drug-likeness (QED) is 0.774. The summed E-state index contributed by atoms with van der Waals surface area (Å²) in [6.07, 6.45) is -4.48. The lowest BCUT2D eigenvalue weighted by Gasteiger charge is -2.13. The van der Waals surface area contributed by atoms with E-state index >= 15 is 0 Å². The molecule has 0 atom stereocenters. The fourth-order valence-corrected chi connectivity index (χ4v) is 2.07. The van der Waals surface area contributed by atoms with Crippen LogP contribution < -0.4 is 5.32 Å². The maximum atomic E-state index is 12.7. The SMILES string of the molecule is N#Cc1c(Cl)cccc1Nc1cc(C(F)(F)F)ccc1Cl. The Morgan fingerprint density at radius 3 is 2.33 bits per heavy atom. The third-order valence-corrected chi connectivity index (χ3v) is 3.33. The fourth-order valence-electron chi connectivity index (χ4n) is 1.68. The van der Waals surface area contributed by atoms with E-state index < -0.39 is 11.7 Å². The summed E-state index contributed by atoms with van der Waals surface area (Å²) in [5.41, 5.74) is -0.376. The van der Waals surface area contributed by atoms with Crippen LogP contribution in [0.1, 0.15) is 11.1 Å². The van der Waals surface area contributed by atoms with Gasteiger partial charge in [0.1, 0.15) is 6.07 Å². The third-order valence-electron chi connectivity index (χ3n) is 2.69. The van der Waals surface area contributed by atoms with Gasteiger partial charge in [-0.25, -0.2) is 0 Å². The summed E-state index contributed by atoms with van der Waals surface area (Å²) >= 11 is 11.7. The fraction of sp³-hybridized carbons (Fsp3) is 0.0714. The Kier molecular flexibility index (Phi) is 4.31. The van der Waals surface area contributed by atoms with E-state index in [0.29, 0.717) is 0 Å². The molecule has 0 amide bonds. The van der Waals surface area contributed by atoms with Crippen LogP contribution in [0.5, 0.6) is 0 Å². The Morgan fingerprint density at radius 2 is 1.71 bits per heavy atom. The molecule has 0 saturated carbocycles. The summed E-state index contributed by atoms with van der Waals surface area (Å²) < 4.78 is 38.1. The maximum absolute atomic E-state index is 12.7. The van der Waals surface area contributed by atoms with Crippen LogP contribution in [0.4, 0.5) is 24.5 Å². The van der Waals surface area contributed by atoms with Crippen LogP contribution in [0, 0.1) is 11.3 Å². The van der Waals surface area contributed by atoms with Gasteiger partial charge in [0.05, 0.1) is 32.5 Å². The first-order valence-corrected chi connectivity index (χ1v) is 6.41. The molecule has 0 radical (unpaired) electrons. The van der Waals surface area contributed by atoms with Gasteiger partial charge in [0, 0.05) is 0 Å². The molecule has 0 aliphatic heterocycles. The van der Waals surface area contributed by atoms with Crippen LogP contribution in [0.3, 0.4) is 0 Å². The van der Waals surface area contributed by atoms with Crippen molar-refractivity contribution in [2.75, 3.05) is 5.32 Å². The monoisotopic (exact) mass is 330 g/mol. The van der Waals surface area contributed by atoms with Crippen molar-refractivity contribution in [1.29, 1.82) is 5.26 Å². The van der Waals surface area contributed by atoms with Gasteiger partial charge in [-0.3, -0.25) is 0 Å². The molecule has 108 valence electrons. The molecule has 2 nitrogen and oxygen atoms in total. The van der Waals surface area contributed by atoms with E-state index in [0.717, 1.165) is 18.2 Å². The number of alkyl halides is 3. The highest BCUT2D eigenvalue weighted by Gasteiger charge is 2.31. The second-order valence-electron chi connectivity index (χ2n) is 4.09. The highest BCUT2D eigenvalue weighted by atomic mass is 35.5. The van der Waals surface area contributed by atoms with E-state index in [1.165, 1.54) is 12.1 Å². The summed E-state index contributed by atoms with van der Waals surface area (Å²) in [4.78, 5) is 0. The van der Waals surface area contributed by atoms with E-state index in [1.807, 2.05) is 6.07 Å². The number of halogens is 5. The van der Waals surface area contributed by atoms with Crippen molar-refractivity contribution in [2.24, 2.45) is 0 Å². The van der Waals surface area contributed by atoms with Crippen molar-refractivity contribution in [3.63, 3.8) is 0 Å². The lowest BCUT2D eigenvalue weighted by atomic mass is 10.1. The van der Waals surface area contributed by atoms with E-state index in [4.69, 9.17) is 28.5 Å². The third kappa shape index (κ3) is 3.41. The van der Waals surface area contributed by atoms with Gasteiger partial charge in [-0.15, -0.1) is 0 Å². The zero-order valence-corrected chi connectivity index (χ0v) is 11.8. The first-order valence-electron chi connectivity index (χ1n) is 5.65. The molecular weight excluding hydrogens is 324 g/mol. The maximum Gasteiger partial charge on any atom is 0.416 e. The topological polar surface area (TPSA) is 35.8 Å². The minimum absolute atomic E-state index is 0.0465. The Morgan fingerprint density at radius 1 is 1.00 bits per heavy atom. The second-order valence-corrected chi connectivity index (χ2v) is 4.91. The summed E-state index contributed by atoms with van der Waals surface area (Å²) in [6, 6.07) is 9.41. The van der Waals surface area contributed by atoms with Gasteiger partial charge in [-0.1, -0.05) is 29.3 Å². The first kappa shape index (κ1) is 15.5. The van der Waals surface area contributed by atoms with E-state index in [-0.39, 0.29) is 27.0 Å². The first-order chi connectivity index (χ1) is 9.82. The van der Waals surface area contributed by atoms with Crippen LogP contribution >= 0.6 is 23.2 Å². The van der Waals surface area contributed by atoms with Gasteiger partial charge in [0.2, 0.25) is 0 Å². The van der Waals surface area contributed by atoms with Crippen molar-refractivity contribution >= 4 is 34.6 Å². The molecule has 0 unspecified atom stereocenters. The normalized spacial score (nSPS) is 11.0. The van der Waals surface area contributed by atoms with Crippen molar-refractivity contribution in [1.82, 2.24) is 0 Å². The summed E-state index contributed by atoms with van der Waals surface area (Å²) in [6.45, 7) is 0. The van der Waals surface area contributed by atoms with Gasteiger partial charge < -0.3 is 5.32 Å². The second kappa shape index (κ2) is 5.84. The number of hydrogen-bond acceptors (Lipinski definition) is 2. The molecule has 0 aromatic heterocycles. The van der Waals surface area contributed by atoms with Crippen LogP contribution in [0.25, 0.3) is 0 Å². The number of benzene rings is 2. The molecular formula is C14H7Cl2F3N2. The number of anilines is 2. The largest absolute Gasteiger partial charge is 0.416 e. The number of nitriles is 1. The number of nitrogens with zero attached hydrogens (tertiary/aromatic N) is 1. The van der Waals surface area contributed by atoms with Gasteiger partial charge >= 0.3 is 6.18 Å². The van der Waals surface area contributed by atoms with E-state index in [1.54, 1.807) is 6.07 Å². The Balaban J connectivity index is 2.46. The molecule has 0 saturated heterocycles. The summed E-state index contributed by atoms with van der Waals surface area (Å²) in [5.74, 6) is 0. The number of nitrogens with one attached hydrogen (secondary N) is 1. The van der Waals surface area contributed by atoms with Gasteiger partial charge in [-0.05, 0) is 30.3 Å². The van der Waals surface area contributed by atoms with Crippen LogP contribution in [-0.2, 0) is 6.18 Å². The molecule has 1 N–H and O–H groups in total. The molecule has 2 aromatic carbocycles. The summed E-state index contributed by atoms with van der Waals surface area (Å²) in [7, 11) is 0. The molecule has 0 spiro atoms. The van der Waals surface area contributed by atoms with Crippen molar-refractivity contribution < 1.29 is 13.2 Å². The molecule has 2 aromatic rings. The average Bonchev–Trinajstić information content (AvgIpc) is 2.40. The minimum Gasteiger partial charge on any atom is -0.353 e. The number of hydrogen-bond donors (Lipinski definition) is 1. The highest BCUT2D eigenvalue weighted by Crippen LogP contribution is 2.36. The Bertz CT molecular complexity index is 721. The Hall–Kier alpha value is -1.90. The molecule has 0 aliphatic rings. The molecule has 21 heavy (non-hydrogen) atoms. The van der Waals surface area contributed by atoms with Crippen molar-refractivity contribution in [2.45, 2.75) is 6.18 Å². The van der Waals surface area contributed by atoms with Gasteiger partial charge in [0.15, 0.2) is 0 Å².